The van der Waals surface area contributed by atoms with Gasteiger partial charge in [-0.05, 0) is 57.4 Å². The first-order valence-corrected chi connectivity index (χ1v) is 10.4. The summed E-state index contributed by atoms with van der Waals surface area (Å²) in [5.41, 5.74) is 2.30. The maximum atomic E-state index is 12.8. The molecule has 3 amide bonds. The van der Waals surface area contributed by atoms with Crippen molar-refractivity contribution in [1.29, 1.82) is 0 Å². The number of amides is 3. The number of aromatic nitrogens is 1. The Bertz CT molecular complexity index is 855. The van der Waals surface area contributed by atoms with Gasteiger partial charge in [-0.2, -0.15) is 0 Å². The van der Waals surface area contributed by atoms with E-state index in [-0.39, 0.29) is 23.5 Å². The van der Waals surface area contributed by atoms with Gasteiger partial charge in [0.1, 0.15) is 0 Å². The van der Waals surface area contributed by atoms with Gasteiger partial charge in [-0.3, -0.25) is 9.78 Å². The van der Waals surface area contributed by atoms with Crippen LogP contribution in [0.15, 0.2) is 48.8 Å². The molecule has 3 N–H and O–H groups in total. The van der Waals surface area contributed by atoms with E-state index in [1.807, 2.05) is 57.2 Å². The van der Waals surface area contributed by atoms with Crippen LogP contribution in [0.3, 0.4) is 0 Å². The van der Waals surface area contributed by atoms with E-state index in [2.05, 4.69) is 25.8 Å². The lowest BCUT2D eigenvalue weighted by molar-refractivity contribution is 0.0951. The highest BCUT2D eigenvalue weighted by atomic mass is 16.2. The summed E-state index contributed by atoms with van der Waals surface area (Å²) < 4.78 is 0. The topological polar surface area (TPSA) is 86.4 Å². The van der Waals surface area contributed by atoms with Crippen molar-refractivity contribution < 1.29 is 9.59 Å². The monoisotopic (exact) mass is 409 g/mol. The molecule has 1 aliphatic rings. The van der Waals surface area contributed by atoms with E-state index in [9.17, 15) is 9.59 Å². The van der Waals surface area contributed by atoms with Gasteiger partial charge in [0.15, 0.2) is 0 Å². The molecule has 7 heteroatoms. The fourth-order valence-corrected chi connectivity index (χ4v) is 3.55. The summed E-state index contributed by atoms with van der Waals surface area (Å²) >= 11 is 0. The molecule has 0 bridgehead atoms. The van der Waals surface area contributed by atoms with Gasteiger partial charge in [-0.1, -0.05) is 18.2 Å². The molecule has 0 radical (unpaired) electrons. The third-order valence-electron chi connectivity index (χ3n) is 4.98. The molecule has 160 valence electrons. The van der Waals surface area contributed by atoms with Gasteiger partial charge < -0.3 is 20.9 Å². The highest BCUT2D eigenvalue weighted by Crippen LogP contribution is 2.24. The van der Waals surface area contributed by atoms with E-state index in [1.54, 1.807) is 12.4 Å². The highest BCUT2D eigenvalue weighted by molar-refractivity contribution is 5.99. The predicted octanol–water partition coefficient (Wildman–Crippen LogP) is 3.08. The zero-order chi connectivity index (χ0) is 21.6. The number of carbonyl (C=O) groups excluding carboxylic acids is 2. The number of piperidine rings is 1. The minimum Gasteiger partial charge on any atom is -0.371 e. The number of carbonyl (C=O) groups is 2. The van der Waals surface area contributed by atoms with Crippen LogP contribution in [0.5, 0.6) is 0 Å². The van der Waals surface area contributed by atoms with Crippen molar-refractivity contribution in [2.75, 3.05) is 18.0 Å². The van der Waals surface area contributed by atoms with Gasteiger partial charge in [-0.25, -0.2) is 4.79 Å². The van der Waals surface area contributed by atoms with Gasteiger partial charge in [0.2, 0.25) is 0 Å². The Labute approximate surface area is 178 Å². The number of benzene rings is 1. The number of urea groups is 1. The standard InChI is InChI=1S/C23H31N5O2/c1-23(2,3)27-22(30)26-18-10-13-28(14-11-18)20-9-5-4-8-19(20)21(29)25-16-17-7-6-12-24-15-17/h4-9,12,15,18H,10-11,13-14,16H2,1-3H3,(H,25,29)(H2,26,27,30). The Kier molecular flexibility index (Phi) is 6.92. The maximum Gasteiger partial charge on any atom is 0.315 e. The van der Waals surface area contributed by atoms with Crippen molar-refractivity contribution in [3.63, 3.8) is 0 Å². The van der Waals surface area contributed by atoms with Gasteiger partial charge in [0, 0.05) is 49.3 Å². The molecule has 0 aliphatic carbocycles. The van der Waals surface area contributed by atoms with Crippen molar-refractivity contribution in [1.82, 2.24) is 20.9 Å². The smallest absolute Gasteiger partial charge is 0.315 e. The number of hydrogen-bond acceptors (Lipinski definition) is 4. The summed E-state index contributed by atoms with van der Waals surface area (Å²) in [6.45, 7) is 7.90. The molecule has 2 aromatic rings. The first kappa shape index (κ1) is 21.6. The molecule has 1 aromatic heterocycles. The molecule has 0 atom stereocenters. The number of nitrogens with zero attached hydrogens (tertiary/aromatic N) is 2. The molecular weight excluding hydrogens is 378 g/mol. The summed E-state index contributed by atoms with van der Waals surface area (Å²) in [5, 5.41) is 8.98. The minimum atomic E-state index is -0.257. The number of pyridine rings is 1. The summed E-state index contributed by atoms with van der Waals surface area (Å²) in [6, 6.07) is 11.5. The highest BCUT2D eigenvalue weighted by Gasteiger charge is 2.24. The lowest BCUT2D eigenvalue weighted by Crippen LogP contribution is -2.52. The molecule has 1 aromatic carbocycles. The minimum absolute atomic E-state index is 0.0979. The summed E-state index contributed by atoms with van der Waals surface area (Å²) in [5.74, 6) is -0.0979. The third kappa shape index (κ3) is 6.20. The second-order valence-electron chi connectivity index (χ2n) is 8.67. The lowest BCUT2D eigenvalue weighted by Gasteiger charge is -2.35. The zero-order valence-electron chi connectivity index (χ0n) is 17.9. The Morgan fingerprint density at radius 3 is 2.50 bits per heavy atom. The van der Waals surface area contributed by atoms with E-state index < -0.39 is 0 Å². The largest absolute Gasteiger partial charge is 0.371 e. The molecule has 0 unspecified atom stereocenters. The van der Waals surface area contributed by atoms with Crippen LogP contribution in [-0.2, 0) is 6.54 Å². The van der Waals surface area contributed by atoms with Crippen LogP contribution in [0.2, 0.25) is 0 Å². The first-order valence-electron chi connectivity index (χ1n) is 10.4. The van der Waals surface area contributed by atoms with Crippen LogP contribution < -0.4 is 20.9 Å². The number of hydrogen-bond donors (Lipinski definition) is 3. The van der Waals surface area contributed by atoms with Crippen molar-refractivity contribution >= 4 is 17.6 Å². The third-order valence-corrected chi connectivity index (χ3v) is 4.98. The average Bonchev–Trinajstić information content (AvgIpc) is 2.72. The maximum absolute atomic E-state index is 12.8. The molecule has 0 spiro atoms. The predicted molar refractivity (Wildman–Crippen MR) is 119 cm³/mol. The van der Waals surface area contributed by atoms with Gasteiger partial charge in [-0.15, -0.1) is 0 Å². The molecule has 3 rings (SSSR count). The van der Waals surface area contributed by atoms with Crippen LogP contribution in [0.1, 0.15) is 49.5 Å². The van der Waals surface area contributed by atoms with E-state index in [1.165, 1.54) is 0 Å². The van der Waals surface area contributed by atoms with Crippen LogP contribution in [-0.4, -0.2) is 41.6 Å². The molecule has 0 saturated carbocycles. The fourth-order valence-electron chi connectivity index (χ4n) is 3.55. The van der Waals surface area contributed by atoms with Crippen LogP contribution in [0, 0.1) is 0 Å². The van der Waals surface area contributed by atoms with E-state index in [0.29, 0.717) is 12.1 Å². The summed E-state index contributed by atoms with van der Waals surface area (Å²) in [7, 11) is 0. The first-order chi connectivity index (χ1) is 14.3. The zero-order valence-corrected chi connectivity index (χ0v) is 17.9. The van der Waals surface area contributed by atoms with E-state index >= 15 is 0 Å². The van der Waals surface area contributed by atoms with Gasteiger partial charge in [0.05, 0.1) is 5.56 Å². The van der Waals surface area contributed by atoms with Crippen LogP contribution in [0.25, 0.3) is 0 Å². The fraction of sp³-hybridized carbons (Fsp3) is 0.435. The Morgan fingerprint density at radius 1 is 1.10 bits per heavy atom. The Morgan fingerprint density at radius 2 is 1.83 bits per heavy atom. The van der Waals surface area contributed by atoms with Gasteiger partial charge >= 0.3 is 6.03 Å². The molecule has 1 aliphatic heterocycles. The van der Waals surface area contributed by atoms with Crippen molar-refractivity contribution in [3.05, 3.63) is 59.9 Å². The average molecular weight is 410 g/mol. The molecule has 1 saturated heterocycles. The van der Waals surface area contributed by atoms with Crippen LogP contribution >= 0.6 is 0 Å². The summed E-state index contributed by atoms with van der Waals surface area (Å²) in [6.07, 6.45) is 5.14. The molecule has 30 heavy (non-hydrogen) atoms. The number of para-hydroxylation sites is 1. The number of rotatable bonds is 5. The number of nitrogens with one attached hydrogen (secondary N) is 3. The quantitative estimate of drug-likeness (QED) is 0.708. The van der Waals surface area contributed by atoms with Crippen molar-refractivity contribution in [3.8, 4) is 0 Å². The normalized spacial score (nSPS) is 14.8. The summed E-state index contributed by atoms with van der Waals surface area (Å²) in [4.78, 5) is 31.2. The number of anilines is 1. The Hall–Kier alpha value is -3.09. The molecule has 7 nitrogen and oxygen atoms in total. The lowest BCUT2D eigenvalue weighted by atomic mass is 10.0. The molecular formula is C23H31N5O2. The van der Waals surface area contributed by atoms with E-state index in [0.717, 1.165) is 37.2 Å². The van der Waals surface area contributed by atoms with Crippen LogP contribution in [0.4, 0.5) is 10.5 Å². The second kappa shape index (κ2) is 9.61. The second-order valence-corrected chi connectivity index (χ2v) is 8.67. The van der Waals surface area contributed by atoms with Crippen molar-refractivity contribution in [2.24, 2.45) is 0 Å². The SMILES string of the molecule is CC(C)(C)NC(=O)NC1CCN(c2ccccc2C(=O)NCc2cccnc2)CC1. The molecule has 1 fully saturated rings. The van der Waals surface area contributed by atoms with Gasteiger partial charge in [0.25, 0.3) is 5.91 Å². The molecule has 2 heterocycles. The van der Waals surface area contributed by atoms with E-state index in [4.69, 9.17) is 0 Å². The Balaban J connectivity index is 1.57. The van der Waals surface area contributed by atoms with Crippen molar-refractivity contribution in [2.45, 2.75) is 51.7 Å².